The minimum atomic E-state index is -0.633. The molecule has 1 saturated heterocycles. The van der Waals surface area contributed by atoms with E-state index in [2.05, 4.69) is 10.3 Å². The second kappa shape index (κ2) is 9.39. The van der Waals surface area contributed by atoms with E-state index in [4.69, 9.17) is 11.6 Å². The van der Waals surface area contributed by atoms with Crippen molar-refractivity contribution in [3.63, 3.8) is 0 Å². The van der Waals surface area contributed by atoms with Crippen molar-refractivity contribution in [1.82, 2.24) is 15.2 Å². The maximum atomic E-state index is 13.8. The Morgan fingerprint density at radius 2 is 2.04 bits per heavy atom. The minimum Gasteiger partial charge on any atom is -0.352 e. The second-order valence-electron chi connectivity index (χ2n) is 6.60. The van der Waals surface area contributed by atoms with Crippen LogP contribution in [0.25, 0.3) is 0 Å². The number of carbonyl (C=O) groups is 2. The zero-order valence-electron chi connectivity index (χ0n) is 15.5. The summed E-state index contributed by atoms with van der Waals surface area (Å²) in [7, 11) is 0. The third-order valence-electron chi connectivity index (χ3n) is 4.84. The lowest BCUT2D eigenvalue weighted by molar-refractivity contribution is 0.0680. The Morgan fingerprint density at radius 1 is 1.29 bits per heavy atom. The number of pyridine rings is 1. The molecule has 28 heavy (non-hydrogen) atoms. The number of amides is 2. The largest absolute Gasteiger partial charge is 0.352 e. The topological polar surface area (TPSA) is 62.3 Å². The van der Waals surface area contributed by atoms with Gasteiger partial charge in [0.15, 0.2) is 0 Å². The summed E-state index contributed by atoms with van der Waals surface area (Å²) in [6.45, 7) is 1.65. The number of nitrogens with zero attached hydrogens (tertiary/aromatic N) is 2. The highest BCUT2D eigenvalue weighted by molar-refractivity contribution is 7.98. The molecule has 1 aliphatic rings. The molecule has 1 N–H and O–H groups in total. The average Bonchev–Trinajstić information content (AvgIpc) is 2.72. The van der Waals surface area contributed by atoms with Crippen LogP contribution in [0.3, 0.4) is 0 Å². The summed E-state index contributed by atoms with van der Waals surface area (Å²) < 4.78 is 13.8. The number of aromatic nitrogens is 1. The first-order chi connectivity index (χ1) is 13.5. The molecule has 0 unspecified atom stereocenters. The smallest absolute Gasteiger partial charge is 0.256 e. The van der Waals surface area contributed by atoms with Gasteiger partial charge < -0.3 is 10.2 Å². The van der Waals surface area contributed by atoms with Crippen LogP contribution in [0.5, 0.6) is 0 Å². The van der Waals surface area contributed by atoms with E-state index in [0.717, 1.165) is 17.9 Å². The number of carbonyl (C=O) groups excluding carboxylic acids is 2. The molecule has 1 aliphatic heterocycles. The summed E-state index contributed by atoms with van der Waals surface area (Å²) in [5.74, 6) is -0.932. The van der Waals surface area contributed by atoms with E-state index in [1.807, 2.05) is 11.2 Å². The Kier molecular flexibility index (Phi) is 6.91. The number of hydrogen-bond acceptors (Lipinski definition) is 4. The molecular formula is C20H21ClFN3O2S. The first-order valence-corrected chi connectivity index (χ1v) is 10.6. The Balaban J connectivity index is 1.53. The van der Waals surface area contributed by atoms with Gasteiger partial charge in [-0.3, -0.25) is 9.59 Å². The van der Waals surface area contributed by atoms with Crippen LogP contribution in [-0.2, 0) is 0 Å². The SMILES string of the molecule is CSc1ncccc1C(=O)N1CCC(CNC(=O)c2c(F)cccc2Cl)CC1. The molecular weight excluding hydrogens is 401 g/mol. The molecule has 148 valence electrons. The molecule has 3 rings (SSSR count). The second-order valence-corrected chi connectivity index (χ2v) is 7.80. The van der Waals surface area contributed by atoms with Crippen molar-refractivity contribution in [3.8, 4) is 0 Å². The van der Waals surface area contributed by atoms with Crippen molar-refractivity contribution < 1.29 is 14.0 Å². The van der Waals surface area contributed by atoms with E-state index in [0.29, 0.717) is 25.2 Å². The van der Waals surface area contributed by atoms with Gasteiger partial charge in [-0.05, 0) is 49.3 Å². The molecule has 0 spiro atoms. The van der Waals surface area contributed by atoms with Crippen molar-refractivity contribution in [2.45, 2.75) is 17.9 Å². The Labute approximate surface area is 172 Å². The Morgan fingerprint density at radius 3 is 2.71 bits per heavy atom. The molecule has 8 heteroatoms. The van der Waals surface area contributed by atoms with Crippen LogP contribution in [0.15, 0.2) is 41.6 Å². The molecule has 2 aromatic rings. The van der Waals surface area contributed by atoms with Gasteiger partial charge in [-0.25, -0.2) is 9.37 Å². The number of rotatable bonds is 5. The molecule has 1 aromatic heterocycles. The predicted molar refractivity (Wildman–Crippen MR) is 108 cm³/mol. The number of likely N-dealkylation sites (tertiary alicyclic amines) is 1. The van der Waals surface area contributed by atoms with Crippen molar-refractivity contribution >= 4 is 35.2 Å². The van der Waals surface area contributed by atoms with E-state index in [9.17, 15) is 14.0 Å². The van der Waals surface area contributed by atoms with E-state index in [1.165, 1.54) is 30.0 Å². The molecule has 2 amide bonds. The summed E-state index contributed by atoms with van der Waals surface area (Å²) in [6, 6.07) is 7.73. The first kappa shape index (κ1) is 20.6. The van der Waals surface area contributed by atoms with E-state index >= 15 is 0 Å². The van der Waals surface area contributed by atoms with Crippen molar-refractivity contribution in [1.29, 1.82) is 0 Å². The van der Waals surface area contributed by atoms with Crippen LogP contribution < -0.4 is 5.32 Å². The highest BCUT2D eigenvalue weighted by atomic mass is 35.5. The molecule has 5 nitrogen and oxygen atoms in total. The lowest BCUT2D eigenvalue weighted by atomic mass is 9.96. The van der Waals surface area contributed by atoms with Crippen LogP contribution in [0.2, 0.25) is 5.02 Å². The lowest BCUT2D eigenvalue weighted by Gasteiger charge is -2.32. The zero-order valence-corrected chi connectivity index (χ0v) is 17.0. The Hall–Kier alpha value is -2.12. The first-order valence-electron chi connectivity index (χ1n) is 9.01. The summed E-state index contributed by atoms with van der Waals surface area (Å²) in [5, 5.41) is 3.59. The summed E-state index contributed by atoms with van der Waals surface area (Å²) in [5.41, 5.74) is 0.494. The average molecular weight is 422 g/mol. The van der Waals surface area contributed by atoms with Crippen LogP contribution in [0.1, 0.15) is 33.6 Å². The molecule has 0 atom stereocenters. The Bertz CT molecular complexity index is 852. The summed E-state index contributed by atoms with van der Waals surface area (Å²) in [6.07, 6.45) is 5.12. The number of hydrogen-bond donors (Lipinski definition) is 1. The maximum absolute atomic E-state index is 13.8. The van der Waals surface area contributed by atoms with Gasteiger partial charge in [0.2, 0.25) is 0 Å². The fraction of sp³-hybridized carbons (Fsp3) is 0.350. The van der Waals surface area contributed by atoms with E-state index < -0.39 is 11.7 Å². The van der Waals surface area contributed by atoms with Gasteiger partial charge in [0.05, 0.1) is 16.1 Å². The standard InChI is InChI=1S/C20H21ClFN3O2S/c1-28-19-14(4-3-9-23-19)20(27)25-10-7-13(8-11-25)12-24-18(26)17-15(21)5-2-6-16(17)22/h2-6,9,13H,7-8,10-12H2,1H3,(H,24,26). The molecule has 1 aromatic carbocycles. The number of halogens is 2. The number of piperidine rings is 1. The minimum absolute atomic E-state index is 0.0157. The van der Waals surface area contributed by atoms with Gasteiger partial charge in [0.25, 0.3) is 11.8 Å². The summed E-state index contributed by atoms with van der Waals surface area (Å²) >= 11 is 7.38. The fourth-order valence-electron chi connectivity index (χ4n) is 3.27. The van der Waals surface area contributed by atoms with E-state index in [-0.39, 0.29) is 22.4 Å². The van der Waals surface area contributed by atoms with Crippen LogP contribution in [0, 0.1) is 11.7 Å². The van der Waals surface area contributed by atoms with Crippen molar-refractivity contribution in [2.24, 2.45) is 5.92 Å². The molecule has 0 radical (unpaired) electrons. The lowest BCUT2D eigenvalue weighted by Crippen LogP contribution is -2.41. The molecule has 2 heterocycles. The van der Waals surface area contributed by atoms with Gasteiger partial charge >= 0.3 is 0 Å². The van der Waals surface area contributed by atoms with Crippen molar-refractivity contribution in [2.75, 3.05) is 25.9 Å². The maximum Gasteiger partial charge on any atom is 0.256 e. The van der Waals surface area contributed by atoms with Crippen LogP contribution in [-0.4, -0.2) is 47.6 Å². The van der Waals surface area contributed by atoms with Gasteiger partial charge in [0.1, 0.15) is 10.8 Å². The van der Waals surface area contributed by atoms with Crippen LogP contribution in [0.4, 0.5) is 4.39 Å². The van der Waals surface area contributed by atoms with Gasteiger partial charge in [-0.15, -0.1) is 11.8 Å². The number of benzene rings is 1. The van der Waals surface area contributed by atoms with Gasteiger partial charge in [0, 0.05) is 25.8 Å². The summed E-state index contributed by atoms with van der Waals surface area (Å²) in [4.78, 5) is 31.1. The van der Waals surface area contributed by atoms with E-state index in [1.54, 1.807) is 18.3 Å². The highest BCUT2D eigenvalue weighted by Gasteiger charge is 2.26. The fourth-order valence-corrected chi connectivity index (χ4v) is 4.06. The van der Waals surface area contributed by atoms with Gasteiger partial charge in [-0.1, -0.05) is 17.7 Å². The molecule has 0 aliphatic carbocycles. The zero-order chi connectivity index (χ0) is 20.1. The highest BCUT2D eigenvalue weighted by Crippen LogP contribution is 2.23. The normalized spacial score (nSPS) is 14.8. The third-order valence-corrected chi connectivity index (χ3v) is 5.86. The molecule has 0 bridgehead atoms. The molecule has 1 fully saturated rings. The molecule has 0 saturated carbocycles. The van der Waals surface area contributed by atoms with Crippen molar-refractivity contribution in [3.05, 3.63) is 58.5 Å². The van der Waals surface area contributed by atoms with Gasteiger partial charge in [-0.2, -0.15) is 0 Å². The monoisotopic (exact) mass is 421 g/mol. The predicted octanol–water partition coefficient (Wildman–Crippen LogP) is 3.88. The number of thioether (sulfide) groups is 1. The third kappa shape index (κ3) is 4.64. The quantitative estimate of drug-likeness (QED) is 0.744. The van der Waals surface area contributed by atoms with Crippen LogP contribution >= 0.6 is 23.4 Å². The number of nitrogens with one attached hydrogen (secondary N) is 1.